The maximum Gasteiger partial charge on any atom is 0.128 e. The van der Waals surface area contributed by atoms with Crippen LogP contribution in [-0.4, -0.2) is 10.9 Å². The van der Waals surface area contributed by atoms with E-state index in [1.165, 1.54) is 18.2 Å². The molecule has 0 saturated heterocycles. The van der Waals surface area contributed by atoms with Crippen molar-refractivity contribution >= 4 is 17.3 Å². The van der Waals surface area contributed by atoms with Crippen molar-refractivity contribution in [2.45, 2.75) is 12.3 Å². The molecule has 2 aromatic carbocycles. The molecule has 2 unspecified atom stereocenters. The molecule has 0 heterocycles. The summed E-state index contributed by atoms with van der Waals surface area (Å²) in [6.07, 6.45) is 0.650. The van der Waals surface area contributed by atoms with E-state index in [-0.39, 0.29) is 23.5 Å². The Morgan fingerprint density at radius 1 is 1.14 bits per heavy atom. The monoisotopic (exact) mass is 307 g/mol. The Balaban J connectivity index is 1.88. The van der Waals surface area contributed by atoms with Gasteiger partial charge in [-0.1, -0.05) is 35.0 Å². The second kappa shape index (κ2) is 5.45. The van der Waals surface area contributed by atoms with Crippen LogP contribution in [0.2, 0.25) is 5.02 Å². The molecule has 2 aromatic rings. The van der Waals surface area contributed by atoms with Gasteiger partial charge >= 0.3 is 0 Å². The summed E-state index contributed by atoms with van der Waals surface area (Å²) in [6, 6.07) is 10.3. The molecule has 0 aromatic heterocycles. The molecular weight excluding hydrogens is 296 g/mol. The summed E-state index contributed by atoms with van der Waals surface area (Å²) in [5.41, 5.74) is 1.51. The summed E-state index contributed by atoms with van der Waals surface area (Å²) in [5.74, 6) is -0.948. The molecule has 0 spiro atoms. The third kappa shape index (κ3) is 2.63. The first-order valence-electron chi connectivity index (χ1n) is 6.53. The van der Waals surface area contributed by atoms with Crippen LogP contribution in [0.3, 0.4) is 0 Å². The van der Waals surface area contributed by atoms with Gasteiger partial charge in [-0.2, -0.15) is 0 Å². The van der Waals surface area contributed by atoms with E-state index in [9.17, 15) is 14.0 Å². The molecule has 1 fully saturated rings. The van der Waals surface area contributed by atoms with Gasteiger partial charge in [-0.05, 0) is 42.2 Å². The van der Waals surface area contributed by atoms with Crippen molar-refractivity contribution < 1.29 is 14.0 Å². The molecule has 3 rings (SSSR count). The number of hydrogen-bond acceptors (Lipinski definition) is 2. The van der Waals surface area contributed by atoms with Gasteiger partial charge in [0, 0.05) is 16.5 Å². The van der Waals surface area contributed by atoms with Gasteiger partial charge in [-0.15, -0.1) is 0 Å². The van der Waals surface area contributed by atoms with Gasteiger partial charge in [0.2, 0.25) is 0 Å². The summed E-state index contributed by atoms with van der Waals surface area (Å²) in [5, 5.41) is 12.9. The smallest absolute Gasteiger partial charge is 0.128 e. The molecule has 1 saturated carbocycles. The maximum absolute atomic E-state index is 13.9. The lowest BCUT2D eigenvalue weighted by atomic mass is 10.0. The molecule has 5 heteroatoms. The van der Waals surface area contributed by atoms with Crippen molar-refractivity contribution in [3.8, 4) is 0 Å². The molecule has 0 aliphatic heterocycles. The molecule has 108 valence electrons. The van der Waals surface area contributed by atoms with Crippen molar-refractivity contribution in [3.63, 3.8) is 0 Å². The normalized spacial score (nSPS) is 21.4. The fraction of sp³-hybridized carbons (Fsp3) is 0.188. The van der Waals surface area contributed by atoms with Crippen LogP contribution in [0, 0.1) is 17.6 Å². The van der Waals surface area contributed by atoms with E-state index < -0.39 is 0 Å². The minimum Gasteiger partial charge on any atom is -0.411 e. The SMILES string of the molecule is ON=C(c1ccc(F)cc1)C1CC1c1c(F)cccc1Cl. The zero-order valence-corrected chi connectivity index (χ0v) is 11.7. The Kier molecular flexibility index (Phi) is 3.64. The Morgan fingerprint density at radius 2 is 1.86 bits per heavy atom. The van der Waals surface area contributed by atoms with E-state index in [1.54, 1.807) is 24.3 Å². The van der Waals surface area contributed by atoms with E-state index in [4.69, 9.17) is 11.6 Å². The lowest BCUT2D eigenvalue weighted by Crippen LogP contribution is -2.06. The topological polar surface area (TPSA) is 32.6 Å². The average Bonchev–Trinajstić information content (AvgIpc) is 3.22. The number of rotatable bonds is 3. The van der Waals surface area contributed by atoms with Gasteiger partial charge < -0.3 is 5.21 Å². The van der Waals surface area contributed by atoms with Gasteiger partial charge in [0.1, 0.15) is 11.6 Å². The standard InChI is InChI=1S/C16H12ClF2NO/c17-13-2-1-3-14(19)15(13)11-8-12(11)16(20-21)9-4-6-10(18)7-5-9/h1-7,11-12,21H,8H2. The highest BCUT2D eigenvalue weighted by molar-refractivity contribution is 6.31. The minimum absolute atomic E-state index is 0.116. The lowest BCUT2D eigenvalue weighted by Gasteiger charge is -2.07. The summed E-state index contributed by atoms with van der Waals surface area (Å²) in [4.78, 5) is 0. The van der Waals surface area contributed by atoms with E-state index in [0.717, 1.165) is 0 Å². The van der Waals surface area contributed by atoms with Crippen LogP contribution in [-0.2, 0) is 0 Å². The molecule has 1 N–H and O–H groups in total. The molecule has 2 nitrogen and oxygen atoms in total. The fourth-order valence-electron chi connectivity index (χ4n) is 2.65. The summed E-state index contributed by atoms with van der Waals surface area (Å²) in [7, 11) is 0. The summed E-state index contributed by atoms with van der Waals surface area (Å²) in [6.45, 7) is 0. The molecule has 2 atom stereocenters. The van der Waals surface area contributed by atoms with Crippen molar-refractivity contribution in [1.29, 1.82) is 0 Å². The number of halogens is 3. The van der Waals surface area contributed by atoms with Crippen molar-refractivity contribution in [1.82, 2.24) is 0 Å². The predicted octanol–water partition coefficient (Wildman–Crippen LogP) is 4.60. The number of oxime groups is 1. The fourth-order valence-corrected chi connectivity index (χ4v) is 2.95. The predicted molar refractivity (Wildman–Crippen MR) is 77.0 cm³/mol. The van der Waals surface area contributed by atoms with Gasteiger partial charge in [0.25, 0.3) is 0 Å². The van der Waals surface area contributed by atoms with Gasteiger partial charge in [-0.3, -0.25) is 0 Å². The van der Waals surface area contributed by atoms with Gasteiger partial charge in [0.15, 0.2) is 0 Å². The average molecular weight is 308 g/mol. The van der Waals surface area contributed by atoms with Crippen LogP contribution in [0.1, 0.15) is 23.5 Å². The van der Waals surface area contributed by atoms with Gasteiger partial charge in [-0.25, -0.2) is 8.78 Å². The van der Waals surface area contributed by atoms with Crippen LogP contribution in [0.25, 0.3) is 0 Å². The number of hydrogen-bond donors (Lipinski definition) is 1. The first-order chi connectivity index (χ1) is 10.1. The quantitative estimate of drug-likeness (QED) is 0.502. The van der Waals surface area contributed by atoms with Crippen LogP contribution >= 0.6 is 11.6 Å². The highest BCUT2D eigenvalue weighted by atomic mass is 35.5. The molecule has 21 heavy (non-hydrogen) atoms. The van der Waals surface area contributed by atoms with Crippen LogP contribution in [0.4, 0.5) is 8.78 Å². The third-order valence-electron chi connectivity index (χ3n) is 3.76. The van der Waals surface area contributed by atoms with Crippen molar-refractivity contribution in [2.24, 2.45) is 11.1 Å². The maximum atomic E-state index is 13.9. The van der Waals surface area contributed by atoms with Crippen molar-refractivity contribution in [2.75, 3.05) is 0 Å². The molecule has 1 aliphatic rings. The minimum atomic E-state index is -0.361. The molecule has 0 bridgehead atoms. The second-order valence-electron chi connectivity index (χ2n) is 5.08. The Hall–Kier alpha value is -1.94. The second-order valence-corrected chi connectivity index (χ2v) is 5.48. The molecular formula is C16H12ClF2NO. The van der Waals surface area contributed by atoms with Crippen LogP contribution in [0.5, 0.6) is 0 Å². The number of benzene rings is 2. The van der Waals surface area contributed by atoms with E-state index >= 15 is 0 Å². The Bertz CT molecular complexity index is 680. The van der Waals surface area contributed by atoms with Crippen molar-refractivity contribution in [3.05, 3.63) is 70.2 Å². The lowest BCUT2D eigenvalue weighted by molar-refractivity contribution is 0.317. The van der Waals surface area contributed by atoms with E-state index in [2.05, 4.69) is 5.16 Å². The highest BCUT2D eigenvalue weighted by Crippen LogP contribution is 2.52. The number of nitrogens with zero attached hydrogens (tertiary/aromatic N) is 1. The Morgan fingerprint density at radius 3 is 2.48 bits per heavy atom. The van der Waals surface area contributed by atoms with E-state index in [0.29, 0.717) is 28.3 Å². The largest absolute Gasteiger partial charge is 0.411 e. The zero-order valence-electron chi connectivity index (χ0n) is 10.9. The zero-order chi connectivity index (χ0) is 15.0. The highest BCUT2D eigenvalue weighted by Gasteiger charge is 2.45. The Labute approximate surface area is 125 Å². The molecule has 0 amide bonds. The molecule has 1 aliphatic carbocycles. The van der Waals surface area contributed by atoms with Crippen LogP contribution < -0.4 is 0 Å². The van der Waals surface area contributed by atoms with E-state index in [1.807, 2.05) is 0 Å². The van der Waals surface area contributed by atoms with Gasteiger partial charge in [0.05, 0.1) is 5.71 Å². The molecule has 0 radical (unpaired) electrons. The third-order valence-corrected chi connectivity index (χ3v) is 4.09. The first kappa shape index (κ1) is 14.0. The first-order valence-corrected chi connectivity index (χ1v) is 6.91. The summed E-state index contributed by atoms with van der Waals surface area (Å²) < 4.78 is 26.8. The van der Waals surface area contributed by atoms with Crippen LogP contribution in [0.15, 0.2) is 47.6 Å². The summed E-state index contributed by atoms with van der Waals surface area (Å²) >= 11 is 6.05.